The summed E-state index contributed by atoms with van der Waals surface area (Å²) in [5.41, 5.74) is 3.27. The summed E-state index contributed by atoms with van der Waals surface area (Å²) in [7, 11) is 0. The first-order valence-corrected chi connectivity index (χ1v) is 9.18. The Morgan fingerprint density at radius 2 is 1.93 bits per heavy atom. The second-order valence-corrected chi connectivity index (χ2v) is 6.89. The zero-order valence-electron chi connectivity index (χ0n) is 15.7. The second-order valence-electron chi connectivity index (χ2n) is 6.89. The zero-order valence-corrected chi connectivity index (χ0v) is 15.7. The molecule has 4 rings (SSSR count). The van der Waals surface area contributed by atoms with Gasteiger partial charge in [0.2, 0.25) is 0 Å². The van der Waals surface area contributed by atoms with E-state index in [1.807, 2.05) is 67.6 Å². The molecule has 28 heavy (non-hydrogen) atoms. The van der Waals surface area contributed by atoms with Crippen LogP contribution in [0.15, 0.2) is 83.5 Å². The maximum absolute atomic E-state index is 13.3. The number of carbonyl (C=O) groups is 1. The van der Waals surface area contributed by atoms with Gasteiger partial charge >= 0.3 is 0 Å². The molecule has 0 saturated carbocycles. The molecule has 0 saturated heterocycles. The molecule has 2 heterocycles. The Labute approximate surface area is 164 Å². The summed E-state index contributed by atoms with van der Waals surface area (Å²) >= 11 is 0. The summed E-state index contributed by atoms with van der Waals surface area (Å²) in [6.45, 7) is 6.60. The fourth-order valence-corrected chi connectivity index (χ4v) is 3.31. The number of ether oxygens (including phenoxy) is 1. The number of hydrogen-bond acceptors (Lipinski definition) is 4. The molecule has 1 aliphatic heterocycles. The van der Waals surface area contributed by atoms with Gasteiger partial charge in [-0.2, -0.15) is 0 Å². The van der Waals surface area contributed by atoms with Crippen molar-refractivity contribution in [3.63, 3.8) is 0 Å². The van der Waals surface area contributed by atoms with Crippen LogP contribution in [-0.4, -0.2) is 17.4 Å². The van der Waals surface area contributed by atoms with Gasteiger partial charge in [0.05, 0.1) is 18.4 Å². The highest BCUT2D eigenvalue weighted by Gasteiger charge is 2.34. The molecule has 1 atom stereocenters. The predicted molar refractivity (Wildman–Crippen MR) is 108 cm³/mol. The zero-order chi connectivity index (χ0) is 19.5. The maximum atomic E-state index is 13.3. The van der Waals surface area contributed by atoms with E-state index in [1.54, 1.807) is 11.2 Å². The number of furan rings is 1. The summed E-state index contributed by atoms with van der Waals surface area (Å²) in [5.74, 6) is 1.39. The van der Waals surface area contributed by atoms with Gasteiger partial charge in [0.1, 0.15) is 24.3 Å². The summed E-state index contributed by atoms with van der Waals surface area (Å²) in [6, 6.07) is 19.0. The first kappa shape index (κ1) is 17.9. The molecule has 142 valence electrons. The molecule has 0 spiro atoms. The molecule has 0 bridgehead atoms. The molecule has 1 unspecified atom stereocenters. The van der Waals surface area contributed by atoms with Gasteiger partial charge in [0.15, 0.2) is 0 Å². The van der Waals surface area contributed by atoms with Crippen molar-refractivity contribution in [3.05, 3.63) is 96.0 Å². The normalized spacial score (nSPS) is 15.7. The Bertz CT molecular complexity index is 995. The van der Waals surface area contributed by atoms with Crippen LogP contribution < -0.4 is 10.1 Å². The molecule has 1 aromatic heterocycles. The van der Waals surface area contributed by atoms with Crippen LogP contribution in [0.4, 0.5) is 5.69 Å². The van der Waals surface area contributed by atoms with Crippen LogP contribution >= 0.6 is 0 Å². The summed E-state index contributed by atoms with van der Waals surface area (Å²) in [5, 5.41) is 3.50. The van der Waals surface area contributed by atoms with Crippen molar-refractivity contribution >= 4 is 11.6 Å². The van der Waals surface area contributed by atoms with Crippen LogP contribution in [0.3, 0.4) is 0 Å². The molecule has 1 amide bonds. The fourth-order valence-electron chi connectivity index (χ4n) is 3.31. The van der Waals surface area contributed by atoms with E-state index in [-0.39, 0.29) is 12.1 Å². The number of hydrogen-bond donors (Lipinski definition) is 1. The van der Waals surface area contributed by atoms with Crippen molar-refractivity contribution in [2.24, 2.45) is 0 Å². The lowest BCUT2D eigenvalue weighted by atomic mass is 10.0. The van der Waals surface area contributed by atoms with Crippen molar-refractivity contribution in [2.45, 2.75) is 19.6 Å². The highest BCUT2D eigenvalue weighted by atomic mass is 16.5. The van der Waals surface area contributed by atoms with Crippen LogP contribution in [0.25, 0.3) is 0 Å². The maximum Gasteiger partial charge on any atom is 0.258 e. The first-order chi connectivity index (χ1) is 13.6. The van der Waals surface area contributed by atoms with E-state index < -0.39 is 0 Å². The molecule has 0 fully saturated rings. The van der Waals surface area contributed by atoms with Gasteiger partial charge < -0.3 is 19.4 Å². The van der Waals surface area contributed by atoms with E-state index in [9.17, 15) is 4.79 Å². The van der Waals surface area contributed by atoms with Gasteiger partial charge in [-0.05, 0) is 42.8 Å². The van der Waals surface area contributed by atoms with Crippen molar-refractivity contribution in [1.82, 2.24) is 4.90 Å². The summed E-state index contributed by atoms with van der Waals surface area (Å²) in [6.07, 6.45) is 1.23. The third-order valence-corrected chi connectivity index (χ3v) is 4.62. The molecular formula is C23H22N2O3. The van der Waals surface area contributed by atoms with E-state index in [0.29, 0.717) is 18.7 Å². The standard InChI is InChI=1S/C23H22N2O3/c1-16(2)15-28-21-12-6-4-10-19(21)22-24-20-11-5-3-9-18(20)23(26)25(22)14-17-8-7-13-27-17/h3-13,22,24H,1,14-15H2,2H3. The molecule has 2 aromatic carbocycles. The van der Waals surface area contributed by atoms with Crippen LogP contribution in [-0.2, 0) is 6.54 Å². The van der Waals surface area contributed by atoms with Gasteiger partial charge in [0, 0.05) is 11.3 Å². The molecule has 5 nitrogen and oxygen atoms in total. The Hall–Kier alpha value is -3.47. The van der Waals surface area contributed by atoms with E-state index in [1.165, 1.54) is 0 Å². The minimum Gasteiger partial charge on any atom is -0.489 e. The molecule has 1 N–H and O–H groups in total. The summed E-state index contributed by atoms with van der Waals surface area (Å²) < 4.78 is 11.5. The topological polar surface area (TPSA) is 54.7 Å². The first-order valence-electron chi connectivity index (χ1n) is 9.18. The van der Waals surface area contributed by atoms with Crippen molar-refractivity contribution in [3.8, 4) is 5.75 Å². The summed E-state index contributed by atoms with van der Waals surface area (Å²) in [4.78, 5) is 15.1. The van der Waals surface area contributed by atoms with Gasteiger partial charge in [0.25, 0.3) is 5.91 Å². The Morgan fingerprint density at radius 3 is 2.71 bits per heavy atom. The van der Waals surface area contributed by atoms with Gasteiger partial charge in [-0.15, -0.1) is 0 Å². The second kappa shape index (κ2) is 7.64. The van der Waals surface area contributed by atoms with Crippen LogP contribution in [0.5, 0.6) is 5.75 Å². The highest BCUT2D eigenvalue weighted by Crippen LogP contribution is 2.37. The number of nitrogens with zero attached hydrogens (tertiary/aromatic N) is 1. The molecule has 0 radical (unpaired) electrons. The monoisotopic (exact) mass is 374 g/mol. The van der Waals surface area contributed by atoms with Crippen LogP contribution in [0, 0.1) is 0 Å². The number of fused-ring (bicyclic) bond motifs is 1. The third kappa shape index (κ3) is 3.51. The minimum absolute atomic E-state index is 0.0505. The molecule has 5 heteroatoms. The molecular weight excluding hydrogens is 352 g/mol. The van der Waals surface area contributed by atoms with Gasteiger partial charge in [-0.3, -0.25) is 4.79 Å². The number of benzene rings is 2. The van der Waals surface area contributed by atoms with Crippen LogP contribution in [0.1, 0.15) is 34.8 Å². The third-order valence-electron chi connectivity index (χ3n) is 4.62. The number of nitrogens with one attached hydrogen (secondary N) is 1. The predicted octanol–water partition coefficient (Wildman–Crippen LogP) is 5.00. The van der Waals surface area contributed by atoms with Crippen molar-refractivity contribution < 1.29 is 13.9 Å². The molecule has 3 aromatic rings. The Kier molecular flexibility index (Phi) is 4.89. The van der Waals surface area contributed by atoms with E-state index in [4.69, 9.17) is 9.15 Å². The lowest BCUT2D eigenvalue weighted by Gasteiger charge is -2.38. The average molecular weight is 374 g/mol. The SMILES string of the molecule is C=C(C)COc1ccccc1C1Nc2ccccc2C(=O)N1Cc1ccco1. The lowest BCUT2D eigenvalue weighted by molar-refractivity contribution is 0.0649. The number of para-hydroxylation sites is 2. The number of rotatable bonds is 6. The van der Waals surface area contributed by atoms with E-state index in [0.717, 1.165) is 28.3 Å². The van der Waals surface area contributed by atoms with Gasteiger partial charge in [-0.25, -0.2) is 0 Å². The smallest absolute Gasteiger partial charge is 0.258 e. The van der Waals surface area contributed by atoms with E-state index >= 15 is 0 Å². The lowest BCUT2D eigenvalue weighted by Crippen LogP contribution is -2.42. The highest BCUT2D eigenvalue weighted by molar-refractivity contribution is 6.01. The number of anilines is 1. The molecule has 0 aliphatic carbocycles. The largest absolute Gasteiger partial charge is 0.489 e. The number of carbonyl (C=O) groups excluding carboxylic acids is 1. The van der Waals surface area contributed by atoms with Crippen molar-refractivity contribution in [2.75, 3.05) is 11.9 Å². The quantitative estimate of drug-likeness (QED) is 0.617. The van der Waals surface area contributed by atoms with Crippen LogP contribution in [0.2, 0.25) is 0 Å². The van der Waals surface area contributed by atoms with E-state index in [2.05, 4.69) is 11.9 Å². The Balaban J connectivity index is 1.75. The minimum atomic E-state index is -0.381. The molecule has 1 aliphatic rings. The van der Waals surface area contributed by atoms with Gasteiger partial charge in [-0.1, -0.05) is 36.9 Å². The fraction of sp³-hybridized carbons (Fsp3) is 0.174. The Morgan fingerprint density at radius 1 is 1.14 bits per heavy atom. The average Bonchev–Trinajstić information content (AvgIpc) is 3.22. The number of amides is 1. The van der Waals surface area contributed by atoms with Crippen molar-refractivity contribution in [1.29, 1.82) is 0 Å².